The van der Waals surface area contributed by atoms with Crippen molar-refractivity contribution in [2.24, 2.45) is 0 Å². The Morgan fingerprint density at radius 1 is 1.08 bits per heavy atom. The van der Waals surface area contributed by atoms with Crippen molar-refractivity contribution in [3.8, 4) is 0 Å². The minimum absolute atomic E-state index is 0.265. The highest BCUT2D eigenvalue weighted by atomic mass is 15.4. The van der Waals surface area contributed by atoms with E-state index in [0.29, 0.717) is 0 Å². The van der Waals surface area contributed by atoms with Gasteiger partial charge in [-0.05, 0) is 5.56 Å². The van der Waals surface area contributed by atoms with Crippen molar-refractivity contribution >= 4 is 0 Å². The van der Waals surface area contributed by atoms with Gasteiger partial charge >= 0.3 is 0 Å². The van der Waals surface area contributed by atoms with Crippen LogP contribution in [-0.2, 0) is 5.41 Å². The fourth-order valence-electron chi connectivity index (χ4n) is 1.62. The number of hydrogen-bond donors (Lipinski definition) is 2. The first-order valence-electron chi connectivity index (χ1n) is 4.32. The third kappa shape index (κ3) is 1.24. The third-order valence-corrected chi connectivity index (χ3v) is 2.55. The Labute approximate surface area is 73.0 Å². The van der Waals surface area contributed by atoms with E-state index in [1.54, 1.807) is 0 Å². The zero-order valence-corrected chi connectivity index (χ0v) is 7.30. The maximum atomic E-state index is 3.16. The minimum Gasteiger partial charge on any atom is -0.257 e. The lowest BCUT2D eigenvalue weighted by Gasteiger charge is -2.21. The molecule has 2 N–H and O–H groups in total. The minimum atomic E-state index is 0.265. The van der Waals surface area contributed by atoms with E-state index in [0.717, 1.165) is 13.1 Å². The first-order chi connectivity index (χ1) is 5.81. The van der Waals surface area contributed by atoms with Gasteiger partial charge in [-0.25, -0.2) is 0 Å². The van der Waals surface area contributed by atoms with Crippen LogP contribution in [0.15, 0.2) is 30.3 Å². The zero-order valence-electron chi connectivity index (χ0n) is 7.30. The Balaban J connectivity index is 2.29. The summed E-state index contributed by atoms with van der Waals surface area (Å²) in [6, 6.07) is 10.6. The molecule has 1 fully saturated rings. The summed E-state index contributed by atoms with van der Waals surface area (Å²) in [6.45, 7) is 4.30. The summed E-state index contributed by atoms with van der Waals surface area (Å²) in [5.74, 6) is 0. The van der Waals surface area contributed by atoms with Crippen molar-refractivity contribution in [3.05, 3.63) is 35.9 Å². The van der Waals surface area contributed by atoms with Gasteiger partial charge in [0.25, 0.3) is 0 Å². The summed E-state index contributed by atoms with van der Waals surface area (Å²) in [7, 11) is 0. The SMILES string of the molecule is CC1(c2ccccc2)CNNC1. The van der Waals surface area contributed by atoms with Gasteiger partial charge in [0, 0.05) is 18.5 Å². The average molecular weight is 162 g/mol. The molecule has 0 spiro atoms. The Morgan fingerprint density at radius 3 is 2.25 bits per heavy atom. The van der Waals surface area contributed by atoms with Crippen LogP contribution in [0.3, 0.4) is 0 Å². The third-order valence-electron chi connectivity index (χ3n) is 2.55. The van der Waals surface area contributed by atoms with Crippen LogP contribution in [0.2, 0.25) is 0 Å². The van der Waals surface area contributed by atoms with Crippen molar-refractivity contribution in [1.82, 2.24) is 10.9 Å². The first-order valence-corrected chi connectivity index (χ1v) is 4.32. The highest BCUT2D eigenvalue weighted by Crippen LogP contribution is 2.23. The molecule has 12 heavy (non-hydrogen) atoms. The van der Waals surface area contributed by atoms with E-state index in [1.165, 1.54) is 5.56 Å². The quantitative estimate of drug-likeness (QED) is 0.645. The van der Waals surface area contributed by atoms with E-state index >= 15 is 0 Å². The van der Waals surface area contributed by atoms with Crippen molar-refractivity contribution in [1.29, 1.82) is 0 Å². The highest BCUT2D eigenvalue weighted by molar-refractivity contribution is 5.26. The number of hydrogen-bond acceptors (Lipinski definition) is 2. The maximum absolute atomic E-state index is 3.16. The van der Waals surface area contributed by atoms with Crippen LogP contribution in [-0.4, -0.2) is 13.1 Å². The molecule has 2 heteroatoms. The second-order valence-corrected chi connectivity index (χ2v) is 3.63. The van der Waals surface area contributed by atoms with Gasteiger partial charge in [-0.1, -0.05) is 37.3 Å². The number of benzene rings is 1. The molecule has 1 saturated heterocycles. The molecule has 0 aromatic heterocycles. The largest absolute Gasteiger partial charge is 0.257 e. The topological polar surface area (TPSA) is 24.1 Å². The van der Waals surface area contributed by atoms with Crippen LogP contribution in [0.1, 0.15) is 12.5 Å². The molecule has 64 valence electrons. The lowest BCUT2D eigenvalue weighted by Crippen LogP contribution is -2.27. The predicted molar refractivity (Wildman–Crippen MR) is 49.8 cm³/mol. The van der Waals surface area contributed by atoms with Gasteiger partial charge in [-0.3, -0.25) is 10.9 Å². The van der Waals surface area contributed by atoms with Gasteiger partial charge in [0.05, 0.1) is 0 Å². The van der Waals surface area contributed by atoms with E-state index in [2.05, 4.69) is 48.1 Å². The fourth-order valence-corrected chi connectivity index (χ4v) is 1.62. The van der Waals surface area contributed by atoms with Crippen molar-refractivity contribution in [2.75, 3.05) is 13.1 Å². The molecule has 1 aliphatic rings. The number of hydrazine groups is 1. The predicted octanol–water partition coefficient (Wildman–Crippen LogP) is 1.05. The lowest BCUT2D eigenvalue weighted by atomic mass is 9.84. The molecule has 0 bridgehead atoms. The first kappa shape index (κ1) is 7.77. The van der Waals surface area contributed by atoms with Gasteiger partial charge in [0.2, 0.25) is 0 Å². The normalized spacial score (nSPS) is 21.1. The second-order valence-electron chi connectivity index (χ2n) is 3.63. The highest BCUT2D eigenvalue weighted by Gasteiger charge is 2.29. The summed E-state index contributed by atoms with van der Waals surface area (Å²) in [5.41, 5.74) is 7.99. The van der Waals surface area contributed by atoms with Crippen LogP contribution in [0.5, 0.6) is 0 Å². The van der Waals surface area contributed by atoms with Gasteiger partial charge in [0.15, 0.2) is 0 Å². The van der Waals surface area contributed by atoms with Crippen LogP contribution in [0.4, 0.5) is 0 Å². The standard InChI is InChI=1S/C10H14N2/c1-10(7-11-12-8-10)9-5-3-2-4-6-9/h2-6,11-12H,7-8H2,1H3. The summed E-state index contributed by atoms with van der Waals surface area (Å²) < 4.78 is 0. The van der Waals surface area contributed by atoms with Crippen LogP contribution in [0.25, 0.3) is 0 Å². The van der Waals surface area contributed by atoms with Crippen molar-refractivity contribution < 1.29 is 0 Å². The Morgan fingerprint density at radius 2 is 1.67 bits per heavy atom. The molecule has 0 amide bonds. The second kappa shape index (κ2) is 2.88. The molecule has 1 heterocycles. The van der Waals surface area contributed by atoms with E-state index in [4.69, 9.17) is 0 Å². The molecule has 0 radical (unpaired) electrons. The molecule has 0 saturated carbocycles. The van der Waals surface area contributed by atoms with Gasteiger partial charge in [-0.15, -0.1) is 0 Å². The number of rotatable bonds is 1. The maximum Gasteiger partial charge on any atom is 0.0207 e. The number of nitrogens with one attached hydrogen (secondary N) is 2. The lowest BCUT2D eigenvalue weighted by molar-refractivity contribution is 0.553. The van der Waals surface area contributed by atoms with Crippen LogP contribution >= 0.6 is 0 Å². The average Bonchev–Trinajstić information content (AvgIpc) is 2.55. The molecular weight excluding hydrogens is 148 g/mol. The molecular formula is C10H14N2. The molecule has 2 nitrogen and oxygen atoms in total. The Hall–Kier alpha value is -0.860. The molecule has 0 unspecified atom stereocenters. The molecule has 1 aliphatic heterocycles. The van der Waals surface area contributed by atoms with Gasteiger partial charge < -0.3 is 0 Å². The Bertz CT molecular complexity index is 250. The fraction of sp³-hybridized carbons (Fsp3) is 0.400. The van der Waals surface area contributed by atoms with E-state index < -0.39 is 0 Å². The summed E-state index contributed by atoms with van der Waals surface area (Å²) >= 11 is 0. The smallest absolute Gasteiger partial charge is 0.0207 e. The Kier molecular flexibility index (Phi) is 1.87. The molecule has 1 aromatic carbocycles. The summed E-state index contributed by atoms with van der Waals surface area (Å²) in [5, 5.41) is 0. The summed E-state index contributed by atoms with van der Waals surface area (Å²) in [6.07, 6.45) is 0. The van der Waals surface area contributed by atoms with Crippen LogP contribution < -0.4 is 10.9 Å². The molecule has 1 aromatic rings. The molecule has 2 rings (SSSR count). The monoisotopic (exact) mass is 162 g/mol. The molecule has 0 atom stereocenters. The van der Waals surface area contributed by atoms with Gasteiger partial charge in [-0.2, -0.15) is 0 Å². The van der Waals surface area contributed by atoms with Gasteiger partial charge in [0.1, 0.15) is 0 Å². The van der Waals surface area contributed by atoms with Crippen molar-refractivity contribution in [3.63, 3.8) is 0 Å². The van der Waals surface area contributed by atoms with Crippen molar-refractivity contribution in [2.45, 2.75) is 12.3 Å². The van der Waals surface area contributed by atoms with E-state index in [1.807, 2.05) is 0 Å². The van der Waals surface area contributed by atoms with E-state index in [9.17, 15) is 0 Å². The molecule has 0 aliphatic carbocycles. The zero-order chi connectivity index (χ0) is 8.44. The summed E-state index contributed by atoms with van der Waals surface area (Å²) in [4.78, 5) is 0. The van der Waals surface area contributed by atoms with Crippen LogP contribution in [0, 0.1) is 0 Å². The van der Waals surface area contributed by atoms with E-state index in [-0.39, 0.29) is 5.41 Å².